The zero-order chi connectivity index (χ0) is 20.6. The highest BCUT2D eigenvalue weighted by molar-refractivity contribution is 5.84. The van der Waals surface area contributed by atoms with E-state index in [1.165, 1.54) is 12.1 Å². The van der Waals surface area contributed by atoms with Gasteiger partial charge in [-0.1, -0.05) is 29.8 Å². The zero-order valence-corrected chi connectivity index (χ0v) is 15.5. The van der Waals surface area contributed by atoms with Crippen molar-refractivity contribution in [3.8, 4) is 11.5 Å². The molecule has 6 nitrogen and oxygen atoms in total. The van der Waals surface area contributed by atoms with Crippen molar-refractivity contribution in [3.05, 3.63) is 53.3 Å². The number of fused-ring (bicyclic) bond motifs is 2. The normalized spacial score (nSPS) is 13.5. The molecular weight excluding hydrogens is 387 g/mol. The van der Waals surface area contributed by atoms with E-state index < -0.39 is 24.5 Å². The fourth-order valence-corrected chi connectivity index (χ4v) is 3.14. The summed E-state index contributed by atoms with van der Waals surface area (Å²) in [6.07, 6.45) is -4.71. The first kappa shape index (κ1) is 19.1. The van der Waals surface area contributed by atoms with E-state index in [-0.39, 0.29) is 17.6 Å². The number of nitrogens with one attached hydrogen (secondary N) is 1. The van der Waals surface area contributed by atoms with Crippen LogP contribution in [0.1, 0.15) is 17.0 Å². The lowest BCUT2D eigenvalue weighted by atomic mass is 10.1. The molecule has 3 aromatic rings. The van der Waals surface area contributed by atoms with Crippen LogP contribution < -0.4 is 14.8 Å². The SMILES string of the molecule is Cc1ccc(CNC(=O)Cn2c(C(F)(F)F)nc3cc4c(cc32)OCCO4)cc1. The van der Waals surface area contributed by atoms with E-state index in [1.54, 1.807) is 0 Å². The zero-order valence-electron chi connectivity index (χ0n) is 15.5. The minimum Gasteiger partial charge on any atom is -0.486 e. The van der Waals surface area contributed by atoms with Crippen LogP contribution >= 0.6 is 0 Å². The van der Waals surface area contributed by atoms with Crippen LogP contribution in [0.2, 0.25) is 0 Å². The predicted molar refractivity (Wildman–Crippen MR) is 98.8 cm³/mol. The molecule has 1 aliphatic rings. The number of aromatic nitrogens is 2. The van der Waals surface area contributed by atoms with Gasteiger partial charge in [-0.15, -0.1) is 0 Å². The van der Waals surface area contributed by atoms with Gasteiger partial charge in [0.25, 0.3) is 0 Å². The third-order valence-electron chi connectivity index (χ3n) is 4.58. The number of amides is 1. The van der Waals surface area contributed by atoms with E-state index in [0.29, 0.717) is 24.7 Å². The summed E-state index contributed by atoms with van der Waals surface area (Å²) in [4.78, 5) is 16.1. The number of halogens is 3. The van der Waals surface area contributed by atoms with Crippen molar-refractivity contribution < 1.29 is 27.4 Å². The molecular formula is C20H18F3N3O3. The van der Waals surface area contributed by atoms with Crippen LogP contribution in [0.4, 0.5) is 13.2 Å². The molecule has 1 amide bonds. The first-order chi connectivity index (χ1) is 13.8. The van der Waals surface area contributed by atoms with Crippen LogP contribution in [-0.4, -0.2) is 28.7 Å². The summed E-state index contributed by atoms with van der Waals surface area (Å²) < 4.78 is 52.3. The maximum atomic E-state index is 13.5. The number of imidazole rings is 1. The highest BCUT2D eigenvalue weighted by atomic mass is 19.4. The summed E-state index contributed by atoms with van der Waals surface area (Å²) in [6, 6.07) is 10.3. The third-order valence-corrected chi connectivity index (χ3v) is 4.58. The van der Waals surface area contributed by atoms with Crippen molar-refractivity contribution in [2.24, 2.45) is 0 Å². The first-order valence-corrected chi connectivity index (χ1v) is 9.00. The maximum absolute atomic E-state index is 13.5. The quantitative estimate of drug-likeness (QED) is 0.722. The number of carbonyl (C=O) groups is 1. The van der Waals surface area contributed by atoms with E-state index in [0.717, 1.165) is 15.7 Å². The minimum atomic E-state index is -4.71. The molecule has 0 spiro atoms. The number of hydrogen-bond acceptors (Lipinski definition) is 4. The second-order valence-corrected chi connectivity index (χ2v) is 6.77. The number of hydrogen-bond donors (Lipinski definition) is 1. The number of alkyl halides is 3. The monoisotopic (exact) mass is 405 g/mol. The number of rotatable bonds is 4. The van der Waals surface area contributed by atoms with Crippen molar-refractivity contribution >= 4 is 16.9 Å². The van der Waals surface area contributed by atoms with Crippen molar-refractivity contribution in [1.29, 1.82) is 0 Å². The summed E-state index contributed by atoms with van der Waals surface area (Å²) in [6.45, 7) is 2.26. The molecule has 1 N–H and O–H groups in total. The smallest absolute Gasteiger partial charge is 0.449 e. The van der Waals surface area contributed by atoms with Crippen LogP contribution in [0.3, 0.4) is 0 Å². The Morgan fingerprint density at radius 2 is 1.79 bits per heavy atom. The second kappa shape index (κ2) is 7.31. The van der Waals surface area contributed by atoms with Gasteiger partial charge in [-0.05, 0) is 12.5 Å². The Kier molecular flexibility index (Phi) is 4.81. The fourth-order valence-electron chi connectivity index (χ4n) is 3.14. The molecule has 0 fully saturated rings. The average molecular weight is 405 g/mol. The summed E-state index contributed by atoms with van der Waals surface area (Å²) >= 11 is 0. The lowest BCUT2D eigenvalue weighted by Crippen LogP contribution is -2.29. The Morgan fingerprint density at radius 1 is 1.14 bits per heavy atom. The van der Waals surface area contributed by atoms with Crippen molar-refractivity contribution in [2.75, 3.05) is 13.2 Å². The lowest BCUT2D eigenvalue weighted by molar-refractivity contribution is -0.147. The molecule has 0 radical (unpaired) electrons. The van der Waals surface area contributed by atoms with Gasteiger partial charge in [-0.25, -0.2) is 4.98 Å². The van der Waals surface area contributed by atoms with Crippen molar-refractivity contribution in [3.63, 3.8) is 0 Å². The van der Waals surface area contributed by atoms with Crippen LogP contribution in [-0.2, 0) is 24.1 Å². The van der Waals surface area contributed by atoms with Gasteiger partial charge >= 0.3 is 6.18 Å². The van der Waals surface area contributed by atoms with Crippen LogP contribution in [0, 0.1) is 6.92 Å². The van der Waals surface area contributed by atoms with E-state index in [1.807, 2.05) is 31.2 Å². The predicted octanol–water partition coefficient (Wildman–Crippen LogP) is 3.45. The van der Waals surface area contributed by atoms with Gasteiger partial charge < -0.3 is 19.4 Å². The molecule has 4 rings (SSSR count). The Morgan fingerprint density at radius 3 is 2.45 bits per heavy atom. The molecule has 2 aromatic carbocycles. The molecule has 1 aromatic heterocycles. The second-order valence-electron chi connectivity index (χ2n) is 6.77. The fraction of sp³-hybridized carbons (Fsp3) is 0.300. The standard InChI is InChI=1S/C20H18F3N3O3/c1-12-2-4-13(5-3-12)10-24-18(27)11-26-15-9-17-16(28-6-7-29-17)8-14(15)25-19(26)20(21,22)23/h2-5,8-9H,6-7,10-11H2,1H3,(H,24,27). The van der Waals surface area contributed by atoms with Gasteiger partial charge in [0.15, 0.2) is 11.5 Å². The van der Waals surface area contributed by atoms with Gasteiger partial charge in [0.1, 0.15) is 19.8 Å². The van der Waals surface area contributed by atoms with Crippen LogP contribution in [0.15, 0.2) is 36.4 Å². The van der Waals surface area contributed by atoms with Crippen LogP contribution in [0.5, 0.6) is 11.5 Å². The molecule has 0 saturated carbocycles. The minimum absolute atomic E-state index is 0.0907. The van der Waals surface area contributed by atoms with Gasteiger partial charge in [-0.2, -0.15) is 13.2 Å². The summed E-state index contributed by atoms with van der Waals surface area (Å²) in [5.74, 6) is -1.02. The average Bonchev–Trinajstić information content (AvgIpc) is 3.03. The van der Waals surface area contributed by atoms with Crippen molar-refractivity contribution in [2.45, 2.75) is 26.2 Å². The number of carbonyl (C=O) groups excluding carboxylic acids is 1. The Hall–Kier alpha value is -3.23. The molecule has 0 bridgehead atoms. The number of aryl methyl sites for hydroxylation is 1. The largest absolute Gasteiger partial charge is 0.486 e. The van der Waals surface area contributed by atoms with E-state index in [2.05, 4.69) is 10.3 Å². The molecule has 29 heavy (non-hydrogen) atoms. The highest BCUT2D eigenvalue weighted by Gasteiger charge is 2.38. The van der Waals surface area contributed by atoms with Gasteiger partial charge in [-0.3, -0.25) is 4.79 Å². The van der Waals surface area contributed by atoms with E-state index >= 15 is 0 Å². The molecule has 152 valence electrons. The molecule has 0 unspecified atom stereocenters. The molecule has 0 aliphatic carbocycles. The Balaban J connectivity index is 1.62. The van der Waals surface area contributed by atoms with E-state index in [9.17, 15) is 18.0 Å². The molecule has 9 heteroatoms. The number of benzene rings is 2. The summed E-state index contributed by atoms with van der Waals surface area (Å²) in [5, 5.41) is 2.65. The maximum Gasteiger partial charge on any atom is 0.449 e. The van der Waals surface area contributed by atoms with E-state index in [4.69, 9.17) is 9.47 Å². The van der Waals surface area contributed by atoms with Crippen LogP contribution in [0.25, 0.3) is 11.0 Å². The summed E-state index contributed by atoms with van der Waals surface area (Å²) in [7, 11) is 0. The van der Waals surface area contributed by atoms with Gasteiger partial charge in [0.2, 0.25) is 11.7 Å². The van der Waals surface area contributed by atoms with Gasteiger partial charge in [0, 0.05) is 18.7 Å². The molecule has 0 atom stereocenters. The van der Waals surface area contributed by atoms with Gasteiger partial charge in [0.05, 0.1) is 11.0 Å². The Labute approximate surface area is 164 Å². The molecule has 1 aliphatic heterocycles. The molecule has 2 heterocycles. The topological polar surface area (TPSA) is 65.4 Å². The van der Waals surface area contributed by atoms with Crippen molar-refractivity contribution in [1.82, 2.24) is 14.9 Å². The Bertz CT molecular complexity index is 1060. The summed E-state index contributed by atoms with van der Waals surface area (Å²) in [5.41, 5.74) is 2.18. The highest BCUT2D eigenvalue weighted by Crippen LogP contribution is 2.37. The third kappa shape index (κ3) is 3.98. The number of nitrogens with zero attached hydrogens (tertiary/aromatic N) is 2. The lowest BCUT2D eigenvalue weighted by Gasteiger charge is -2.18. The molecule has 0 saturated heterocycles. The number of ether oxygens (including phenoxy) is 2. The first-order valence-electron chi connectivity index (χ1n) is 9.00.